The molecule has 1 aromatic rings. The van der Waals surface area contributed by atoms with Gasteiger partial charge in [0.2, 0.25) is 5.95 Å². The lowest BCUT2D eigenvalue weighted by atomic mass is 9.85. The van der Waals surface area contributed by atoms with Crippen LogP contribution in [-0.4, -0.2) is 72.6 Å². The second-order valence-corrected chi connectivity index (χ2v) is 7.60. The lowest BCUT2D eigenvalue weighted by Gasteiger charge is -2.37. The number of hydrogen-bond acceptors (Lipinski definition) is 7. The predicted molar refractivity (Wildman–Crippen MR) is 97.9 cm³/mol. The van der Waals surface area contributed by atoms with Gasteiger partial charge in [0.25, 0.3) is 0 Å². The van der Waals surface area contributed by atoms with Gasteiger partial charge in [-0.05, 0) is 27.7 Å². The third kappa shape index (κ3) is 3.76. The molecule has 0 spiro atoms. The summed E-state index contributed by atoms with van der Waals surface area (Å²) < 4.78 is 11.2. The molecule has 3 rings (SSSR count). The van der Waals surface area contributed by atoms with Crippen LogP contribution < -0.4 is 9.80 Å². The van der Waals surface area contributed by atoms with Crippen LogP contribution in [0.1, 0.15) is 33.3 Å². The summed E-state index contributed by atoms with van der Waals surface area (Å²) in [6, 6.07) is 0. The maximum absolute atomic E-state index is 11.8. The number of aromatic nitrogens is 2. The van der Waals surface area contributed by atoms with Crippen LogP contribution in [0.2, 0.25) is 0 Å². The molecule has 0 amide bonds. The molecule has 2 aliphatic rings. The molecule has 0 aliphatic carbocycles. The van der Waals surface area contributed by atoms with E-state index in [0.717, 1.165) is 0 Å². The first-order valence-corrected chi connectivity index (χ1v) is 9.13. The molecule has 2 saturated heterocycles. The smallest absolute Gasteiger partial charge is 0.313 e. The molecule has 2 atom stereocenters. The van der Waals surface area contributed by atoms with Crippen LogP contribution in [0.3, 0.4) is 0 Å². The average molecular weight is 364 g/mol. The van der Waals surface area contributed by atoms with Crippen LogP contribution in [0.15, 0.2) is 6.20 Å². The molecule has 0 aromatic carbocycles. The summed E-state index contributed by atoms with van der Waals surface area (Å²) in [6.45, 7) is 11.5. The molecule has 0 bridgehead atoms. The van der Waals surface area contributed by atoms with Gasteiger partial charge in [0.15, 0.2) is 0 Å². The molecule has 8 nitrogen and oxygen atoms in total. The minimum Gasteiger partial charge on any atom is -0.481 e. The molecule has 2 aliphatic heterocycles. The van der Waals surface area contributed by atoms with Gasteiger partial charge in [-0.15, -0.1) is 0 Å². The molecule has 26 heavy (non-hydrogen) atoms. The fourth-order valence-corrected chi connectivity index (χ4v) is 3.43. The van der Waals surface area contributed by atoms with Gasteiger partial charge in [0, 0.05) is 37.9 Å². The number of nitrogens with zero attached hydrogens (tertiary/aromatic N) is 4. The van der Waals surface area contributed by atoms with Gasteiger partial charge in [0.1, 0.15) is 5.82 Å². The van der Waals surface area contributed by atoms with Gasteiger partial charge in [-0.3, -0.25) is 4.79 Å². The number of carbonyl (C=O) groups is 1. The second kappa shape index (κ2) is 7.36. The Labute approximate surface area is 154 Å². The molecule has 8 heteroatoms. The van der Waals surface area contributed by atoms with Gasteiger partial charge < -0.3 is 24.4 Å². The van der Waals surface area contributed by atoms with E-state index in [2.05, 4.69) is 14.8 Å². The molecule has 144 valence electrons. The molecule has 2 fully saturated rings. The summed E-state index contributed by atoms with van der Waals surface area (Å²) in [6.07, 6.45) is 1.88. The summed E-state index contributed by atoms with van der Waals surface area (Å²) in [5.41, 5.74) is -0.442. The van der Waals surface area contributed by atoms with Gasteiger partial charge in [0.05, 0.1) is 30.8 Å². The van der Waals surface area contributed by atoms with Crippen molar-refractivity contribution in [2.75, 3.05) is 49.2 Å². The summed E-state index contributed by atoms with van der Waals surface area (Å²) in [5.74, 6) is 0.424. The van der Waals surface area contributed by atoms with Crippen LogP contribution >= 0.6 is 0 Å². The van der Waals surface area contributed by atoms with Crippen LogP contribution in [-0.2, 0) is 19.7 Å². The Hall–Kier alpha value is -1.93. The van der Waals surface area contributed by atoms with Crippen molar-refractivity contribution in [2.45, 2.75) is 45.3 Å². The van der Waals surface area contributed by atoms with Gasteiger partial charge >= 0.3 is 5.97 Å². The van der Waals surface area contributed by atoms with Crippen molar-refractivity contribution in [3.63, 3.8) is 0 Å². The number of ether oxygens (including phenoxy) is 2. The molecule has 0 saturated carbocycles. The Kier molecular flexibility index (Phi) is 5.34. The zero-order valence-corrected chi connectivity index (χ0v) is 15.9. The van der Waals surface area contributed by atoms with E-state index in [1.54, 1.807) is 20.0 Å². The molecular weight excluding hydrogens is 336 g/mol. The van der Waals surface area contributed by atoms with E-state index < -0.39 is 11.4 Å². The van der Waals surface area contributed by atoms with Crippen molar-refractivity contribution in [3.8, 4) is 0 Å². The standard InChI is InChI=1S/C18H28N4O4/c1-12-10-22(11-13(2)26-12)17-19-9-14(18(3,4)16(23)24)15(20-17)21-5-7-25-8-6-21/h9,12-13H,5-8,10-11H2,1-4H3,(H,23,24)/t12-,13+. The third-order valence-corrected chi connectivity index (χ3v) is 4.98. The lowest BCUT2D eigenvalue weighted by Crippen LogP contribution is -2.46. The van der Waals surface area contributed by atoms with E-state index in [9.17, 15) is 9.90 Å². The first kappa shape index (κ1) is 18.8. The van der Waals surface area contributed by atoms with E-state index in [1.807, 2.05) is 13.8 Å². The Bertz CT molecular complexity index is 651. The molecule has 0 radical (unpaired) electrons. The Morgan fingerprint density at radius 1 is 1.19 bits per heavy atom. The number of carboxylic acid groups (broad SMARTS) is 1. The molecule has 0 unspecified atom stereocenters. The van der Waals surface area contributed by atoms with E-state index in [0.29, 0.717) is 56.7 Å². The van der Waals surface area contributed by atoms with Gasteiger partial charge in [-0.1, -0.05) is 0 Å². The van der Waals surface area contributed by atoms with Crippen LogP contribution in [0.4, 0.5) is 11.8 Å². The van der Waals surface area contributed by atoms with E-state index in [1.165, 1.54) is 0 Å². The maximum Gasteiger partial charge on any atom is 0.313 e. The van der Waals surface area contributed by atoms with Crippen molar-refractivity contribution >= 4 is 17.7 Å². The number of anilines is 2. The highest BCUT2D eigenvalue weighted by molar-refractivity contribution is 5.82. The lowest BCUT2D eigenvalue weighted by molar-refractivity contribution is -0.142. The SMILES string of the molecule is C[C@@H]1CN(c2ncc(C(C)(C)C(=O)O)c(N3CCOCC3)n2)C[C@H](C)O1. The first-order valence-electron chi connectivity index (χ1n) is 9.13. The molecule has 3 heterocycles. The Morgan fingerprint density at radius 2 is 1.81 bits per heavy atom. The second-order valence-electron chi connectivity index (χ2n) is 7.60. The topological polar surface area (TPSA) is 88.0 Å². The fourth-order valence-electron chi connectivity index (χ4n) is 3.43. The third-order valence-electron chi connectivity index (χ3n) is 4.98. The summed E-state index contributed by atoms with van der Waals surface area (Å²) in [5, 5.41) is 9.68. The number of carboxylic acids is 1. The van der Waals surface area contributed by atoms with Crippen molar-refractivity contribution in [3.05, 3.63) is 11.8 Å². The normalized spacial score (nSPS) is 24.6. The summed E-state index contributed by atoms with van der Waals surface area (Å²) in [4.78, 5) is 25.3. The van der Waals surface area contributed by atoms with Crippen molar-refractivity contribution in [1.82, 2.24) is 9.97 Å². The van der Waals surface area contributed by atoms with Crippen molar-refractivity contribution < 1.29 is 19.4 Å². The quantitative estimate of drug-likeness (QED) is 0.855. The van der Waals surface area contributed by atoms with Crippen LogP contribution in [0.5, 0.6) is 0 Å². The summed E-state index contributed by atoms with van der Waals surface area (Å²) >= 11 is 0. The fraction of sp³-hybridized carbons (Fsp3) is 0.722. The highest BCUT2D eigenvalue weighted by Crippen LogP contribution is 2.33. The molecular formula is C18H28N4O4. The van der Waals surface area contributed by atoms with Crippen LogP contribution in [0.25, 0.3) is 0 Å². The first-order chi connectivity index (χ1) is 12.3. The zero-order valence-electron chi connectivity index (χ0n) is 15.9. The monoisotopic (exact) mass is 364 g/mol. The highest BCUT2D eigenvalue weighted by atomic mass is 16.5. The Morgan fingerprint density at radius 3 is 2.38 bits per heavy atom. The maximum atomic E-state index is 11.8. The Balaban J connectivity index is 2.00. The summed E-state index contributed by atoms with van der Waals surface area (Å²) in [7, 11) is 0. The number of aliphatic carboxylic acids is 1. The van der Waals surface area contributed by atoms with Crippen molar-refractivity contribution in [2.24, 2.45) is 0 Å². The highest BCUT2D eigenvalue weighted by Gasteiger charge is 2.36. The number of morpholine rings is 2. The molecule has 1 aromatic heterocycles. The predicted octanol–water partition coefficient (Wildman–Crippen LogP) is 1.29. The minimum absolute atomic E-state index is 0.101. The minimum atomic E-state index is -1.07. The largest absolute Gasteiger partial charge is 0.481 e. The van der Waals surface area contributed by atoms with E-state index in [4.69, 9.17) is 14.5 Å². The zero-order chi connectivity index (χ0) is 18.9. The van der Waals surface area contributed by atoms with Crippen LogP contribution in [0, 0.1) is 0 Å². The van der Waals surface area contributed by atoms with E-state index >= 15 is 0 Å². The van der Waals surface area contributed by atoms with E-state index in [-0.39, 0.29) is 12.2 Å². The molecule has 1 N–H and O–H groups in total. The van der Waals surface area contributed by atoms with Gasteiger partial charge in [-0.2, -0.15) is 4.98 Å². The number of rotatable bonds is 4. The average Bonchev–Trinajstić information content (AvgIpc) is 2.61. The van der Waals surface area contributed by atoms with Gasteiger partial charge in [-0.25, -0.2) is 4.98 Å². The number of hydrogen-bond donors (Lipinski definition) is 1. The van der Waals surface area contributed by atoms with Crippen molar-refractivity contribution in [1.29, 1.82) is 0 Å².